The van der Waals surface area contributed by atoms with Gasteiger partial charge in [-0.1, -0.05) is 0 Å². The zero-order chi connectivity index (χ0) is 16.7. The maximum absolute atomic E-state index is 12.5. The summed E-state index contributed by atoms with van der Waals surface area (Å²) in [6, 6.07) is 3.39. The van der Waals surface area contributed by atoms with Crippen molar-refractivity contribution in [1.82, 2.24) is 4.98 Å². The van der Waals surface area contributed by atoms with E-state index in [-0.39, 0.29) is 10.0 Å². The molecule has 0 bridgehead atoms. The van der Waals surface area contributed by atoms with Crippen molar-refractivity contribution in [3.8, 4) is 0 Å². The SMILES string of the molecule is O=S(=O)(Nc1nc2c(s1)CCCC2)c1ccc(C(F)(F)F)cc1. The smallest absolute Gasteiger partial charge is 0.255 e. The lowest BCUT2D eigenvalue weighted by molar-refractivity contribution is -0.137. The first-order valence-electron chi connectivity index (χ1n) is 6.94. The Hall–Kier alpha value is -1.61. The zero-order valence-electron chi connectivity index (χ0n) is 11.9. The molecule has 0 saturated carbocycles. The molecule has 1 N–H and O–H groups in total. The van der Waals surface area contributed by atoms with E-state index in [0.717, 1.165) is 60.5 Å². The first-order valence-corrected chi connectivity index (χ1v) is 9.24. The Bertz CT molecular complexity index is 788. The third kappa shape index (κ3) is 3.50. The fraction of sp³-hybridized carbons (Fsp3) is 0.357. The number of hydrogen-bond acceptors (Lipinski definition) is 4. The highest BCUT2D eigenvalue weighted by molar-refractivity contribution is 7.93. The number of benzene rings is 1. The number of aromatic nitrogens is 1. The molecule has 1 aromatic heterocycles. The van der Waals surface area contributed by atoms with Crippen molar-refractivity contribution < 1.29 is 21.6 Å². The average molecular weight is 362 g/mol. The maximum atomic E-state index is 12.5. The van der Waals surface area contributed by atoms with E-state index in [0.29, 0.717) is 0 Å². The summed E-state index contributed by atoms with van der Waals surface area (Å²) in [7, 11) is -3.94. The standard InChI is InChI=1S/C14H13F3N2O2S2/c15-14(16,17)9-5-7-10(8-6-9)23(20,21)19-13-18-11-3-1-2-4-12(11)22-13/h5-8H,1-4H2,(H,18,19). The van der Waals surface area contributed by atoms with Crippen LogP contribution in [-0.2, 0) is 29.0 Å². The Kier molecular flexibility index (Phi) is 4.09. The lowest BCUT2D eigenvalue weighted by Gasteiger charge is -2.08. The van der Waals surface area contributed by atoms with Crippen molar-refractivity contribution in [1.29, 1.82) is 0 Å². The highest BCUT2D eigenvalue weighted by Crippen LogP contribution is 2.32. The molecule has 0 spiro atoms. The van der Waals surface area contributed by atoms with Gasteiger partial charge >= 0.3 is 6.18 Å². The van der Waals surface area contributed by atoms with E-state index >= 15 is 0 Å². The summed E-state index contributed by atoms with van der Waals surface area (Å²) in [4.78, 5) is 5.11. The summed E-state index contributed by atoms with van der Waals surface area (Å²) < 4.78 is 64.4. The van der Waals surface area contributed by atoms with Crippen LogP contribution in [-0.4, -0.2) is 13.4 Å². The molecule has 0 aliphatic heterocycles. The predicted molar refractivity (Wildman–Crippen MR) is 81.0 cm³/mol. The fourth-order valence-electron chi connectivity index (χ4n) is 2.39. The Morgan fingerprint density at radius 1 is 1.09 bits per heavy atom. The van der Waals surface area contributed by atoms with Crippen molar-refractivity contribution in [2.24, 2.45) is 0 Å². The molecule has 1 aromatic carbocycles. The first-order chi connectivity index (χ1) is 10.8. The number of halogens is 3. The van der Waals surface area contributed by atoms with Crippen LogP contribution in [0.25, 0.3) is 0 Å². The maximum Gasteiger partial charge on any atom is 0.416 e. The molecule has 23 heavy (non-hydrogen) atoms. The minimum atomic E-state index is -4.50. The van der Waals surface area contributed by atoms with Gasteiger partial charge in [-0.15, -0.1) is 11.3 Å². The van der Waals surface area contributed by atoms with E-state index in [1.165, 1.54) is 11.3 Å². The van der Waals surface area contributed by atoms with Crippen LogP contribution in [0.2, 0.25) is 0 Å². The molecule has 124 valence electrons. The zero-order valence-corrected chi connectivity index (χ0v) is 13.5. The highest BCUT2D eigenvalue weighted by Gasteiger charge is 2.30. The summed E-state index contributed by atoms with van der Waals surface area (Å²) in [6.45, 7) is 0. The molecule has 0 amide bonds. The second-order valence-electron chi connectivity index (χ2n) is 5.22. The molecule has 2 aromatic rings. The molecule has 0 atom stereocenters. The molecule has 1 aliphatic rings. The summed E-state index contributed by atoms with van der Waals surface area (Å²) in [5.74, 6) is 0. The molecule has 3 rings (SSSR count). The van der Waals surface area contributed by atoms with Crippen LogP contribution < -0.4 is 4.72 Å². The van der Waals surface area contributed by atoms with Gasteiger partial charge in [0.2, 0.25) is 0 Å². The second kappa shape index (κ2) is 5.79. The van der Waals surface area contributed by atoms with E-state index in [1.54, 1.807) is 0 Å². The van der Waals surface area contributed by atoms with Gasteiger partial charge in [0.1, 0.15) is 0 Å². The van der Waals surface area contributed by atoms with E-state index in [2.05, 4.69) is 9.71 Å². The van der Waals surface area contributed by atoms with Gasteiger partial charge in [0.15, 0.2) is 5.13 Å². The number of aryl methyl sites for hydroxylation is 2. The fourth-order valence-corrected chi connectivity index (χ4v) is 4.68. The van der Waals surface area contributed by atoms with Gasteiger partial charge in [0.05, 0.1) is 16.2 Å². The highest BCUT2D eigenvalue weighted by atomic mass is 32.2. The Morgan fingerprint density at radius 2 is 1.74 bits per heavy atom. The number of anilines is 1. The second-order valence-corrected chi connectivity index (χ2v) is 7.99. The van der Waals surface area contributed by atoms with E-state index < -0.39 is 21.8 Å². The van der Waals surface area contributed by atoms with Crippen LogP contribution in [0.5, 0.6) is 0 Å². The number of hydrogen-bond donors (Lipinski definition) is 1. The number of sulfonamides is 1. The number of alkyl halides is 3. The molecule has 9 heteroatoms. The molecule has 0 unspecified atom stereocenters. The van der Waals surface area contributed by atoms with Crippen LogP contribution in [0.1, 0.15) is 29.0 Å². The quantitative estimate of drug-likeness (QED) is 0.902. The van der Waals surface area contributed by atoms with Crippen LogP contribution in [0.15, 0.2) is 29.2 Å². The number of rotatable bonds is 3. The number of nitrogens with one attached hydrogen (secondary N) is 1. The molecular weight excluding hydrogens is 349 g/mol. The normalized spacial score (nSPS) is 15.3. The van der Waals surface area contributed by atoms with Gasteiger partial charge in [0, 0.05) is 4.88 Å². The third-order valence-electron chi connectivity index (χ3n) is 3.56. The molecule has 0 radical (unpaired) electrons. The van der Waals surface area contributed by atoms with Crippen molar-refractivity contribution >= 4 is 26.5 Å². The lowest BCUT2D eigenvalue weighted by Crippen LogP contribution is -2.13. The van der Waals surface area contributed by atoms with Gasteiger partial charge in [-0.3, -0.25) is 4.72 Å². The number of thiazole rings is 1. The molecule has 1 aliphatic carbocycles. The minimum Gasteiger partial charge on any atom is -0.255 e. The van der Waals surface area contributed by atoms with Crippen molar-refractivity contribution in [3.05, 3.63) is 40.4 Å². The van der Waals surface area contributed by atoms with Gasteiger partial charge in [-0.05, 0) is 49.9 Å². The Balaban J connectivity index is 1.82. The predicted octanol–water partition coefficient (Wildman–Crippen LogP) is 3.84. The number of fused-ring (bicyclic) bond motifs is 1. The van der Waals surface area contributed by atoms with Crippen LogP contribution >= 0.6 is 11.3 Å². The monoisotopic (exact) mass is 362 g/mol. The summed E-state index contributed by atoms with van der Waals surface area (Å²) >= 11 is 1.28. The molecule has 4 nitrogen and oxygen atoms in total. The Morgan fingerprint density at radius 3 is 2.35 bits per heavy atom. The third-order valence-corrected chi connectivity index (χ3v) is 6.12. The average Bonchev–Trinajstić information content (AvgIpc) is 2.87. The summed E-state index contributed by atoms with van der Waals surface area (Å²) in [5, 5.41) is 0.261. The first kappa shape index (κ1) is 16.3. The van der Waals surface area contributed by atoms with Gasteiger partial charge in [-0.25, -0.2) is 13.4 Å². The van der Waals surface area contributed by atoms with E-state index in [9.17, 15) is 21.6 Å². The topological polar surface area (TPSA) is 59.1 Å². The molecular formula is C14H13F3N2O2S2. The van der Waals surface area contributed by atoms with Crippen LogP contribution in [0, 0.1) is 0 Å². The lowest BCUT2D eigenvalue weighted by atomic mass is 10.0. The van der Waals surface area contributed by atoms with Crippen LogP contribution in [0.3, 0.4) is 0 Å². The van der Waals surface area contributed by atoms with Gasteiger partial charge in [0.25, 0.3) is 10.0 Å². The van der Waals surface area contributed by atoms with Crippen molar-refractivity contribution in [3.63, 3.8) is 0 Å². The number of nitrogens with zero attached hydrogens (tertiary/aromatic N) is 1. The largest absolute Gasteiger partial charge is 0.416 e. The van der Waals surface area contributed by atoms with Crippen molar-refractivity contribution in [2.45, 2.75) is 36.8 Å². The Labute approximate surface area is 135 Å². The minimum absolute atomic E-state index is 0.223. The summed E-state index contributed by atoms with van der Waals surface area (Å²) in [5.41, 5.74) is 0.0209. The van der Waals surface area contributed by atoms with Gasteiger partial charge in [-0.2, -0.15) is 13.2 Å². The molecule has 0 fully saturated rings. The van der Waals surface area contributed by atoms with Crippen LogP contribution in [0.4, 0.5) is 18.3 Å². The molecule has 1 heterocycles. The van der Waals surface area contributed by atoms with Crippen molar-refractivity contribution in [2.75, 3.05) is 4.72 Å². The molecule has 0 saturated heterocycles. The van der Waals surface area contributed by atoms with Gasteiger partial charge < -0.3 is 0 Å². The van der Waals surface area contributed by atoms with E-state index in [1.807, 2.05) is 0 Å². The summed E-state index contributed by atoms with van der Waals surface area (Å²) in [6.07, 6.45) is -0.699. The van der Waals surface area contributed by atoms with E-state index in [4.69, 9.17) is 0 Å².